The molecule has 0 aliphatic carbocycles. The molecule has 2 aromatic rings. The lowest BCUT2D eigenvalue weighted by Crippen LogP contribution is -2.00. The van der Waals surface area contributed by atoms with Gasteiger partial charge in [-0.05, 0) is 42.8 Å². The van der Waals surface area contributed by atoms with E-state index in [-0.39, 0.29) is 19.0 Å². The molecule has 4 heteroatoms. The number of aliphatic hydroxyl groups is 1. The molecule has 2 aromatic carbocycles. The fourth-order valence-electron chi connectivity index (χ4n) is 1.81. The molecule has 0 aliphatic rings. The highest BCUT2D eigenvalue weighted by Crippen LogP contribution is 2.22. The van der Waals surface area contributed by atoms with E-state index in [4.69, 9.17) is 21.4 Å². The van der Waals surface area contributed by atoms with Gasteiger partial charge in [-0.3, -0.25) is 0 Å². The van der Waals surface area contributed by atoms with Gasteiger partial charge in [0, 0.05) is 10.6 Å². The van der Waals surface area contributed by atoms with Crippen LogP contribution in [0.4, 0.5) is 4.39 Å². The molecular formula is C17H14ClFO2. The van der Waals surface area contributed by atoms with Crippen LogP contribution in [0.1, 0.15) is 16.7 Å². The normalized spacial score (nSPS) is 9.90. The molecule has 0 spiro atoms. The first-order chi connectivity index (χ1) is 10.1. The van der Waals surface area contributed by atoms with Crippen molar-refractivity contribution in [2.45, 2.75) is 13.5 Å². The molecule has 0 atom stereocenters. The summed E-state index contributed by atoms with van der Waals surface area (Å²) in [4.78, 5) is 0. The highest BCUT2D eigenvalue weighted by atomic mass is 35.5. The van der Waals surface area contributed by atoms with Gasteiger partial charge in [0.05, 0.1) is 5.56 Å². The third-order valence-corrected chi connectivity index (χ3v) is 3.06. The van der Waals surface area contributed by atoms with Crippen LogP contribution >= 0.6 is 11.6 Å². The van der Waals surface area contributed by atoms with Gasteiger partial charge < -0.3 is 9.84 Å². The summed E-state index contributed by atoms with van der Waals surface area (Å²) in [5, 5.41) is 9.24. The molecule has 0 saturated carbocycles. The van der Waals surface area contributed by atoms with E-state index in [0.717, 1.165) is 5.56 Å². The maximum absolute atomic E-state index is 13.6. The predicted molar refractivity (Wildman–Crippen MR) is 80.9 cm³/mol. The Balaban J connectivity index is 2.21. The minimum absolute atomic E-state index is 0.0588. The number of halogens is 2. The van der Waals surface area contributed by atoms with Gasteiger partial charge in [0.15, 0.2) is 0 Å². The van der Waals surface area contributed by atoms with Crippen LogP contribution in [-0.2, 0) is 6.61 Å². The maximum Gasteiger partial charge on any atom is 0.135 e. The van der Waals surface area contributed by atoms with Crippen LogP contribution in [0.3, 0.4) is 0 Å². The van der Waals surface area contributed by atoms with Crippen molar-refractivity contribution in [3.8, 4) is 17.6 Å². The number of hydrogen-bond acceptors (Lipinski definition) is 2. The number of benzene rings is 2. The van der Waals surface area contributed by atoms with Crippen molar-refractivity contribution in [1.29, 1.82) is 0 Å². The van der Waals surface area contributed by atoms with Gasteiger partial charge in [-0.25, -0.2) is 4.39 Å². The van der Waals surface area contributed by atoms with E-state index < -0.39 is 0 Å². The Kier molecular flexibility index (Phi) is 5.21. The lowest BCUT2D eigenvalue weighted by Gasteiger charge is -2.10. The zero-order chi connectivity index (χ0) is 15.2. The molecule has 0 fully saturated rings. The van der Waals surface area contributed by atoms with Gasteiger partial charge in [0.25, 0.3) is 0 Å². The first-order valence-corrected chi connectivity index (χ1v) is 6.75. The average Bonchev–Trinajstić information content (AvgIpc) is 2.47. The van der Waals surface area contributed by atoms with Crippen molar-refractivity contribution in [3.63, 3.8) is 0 Å². The van der Waals surface area contributed by atoms with Crippen LogP contribution in [0.5, 0.6) is 5.75 Å². The molecule has 0 aliphatic heterocycles. The summed E-state index contributed by atoms with van der Waals surface area (Å²) in [6.45, 7) is 1.77. The number of hydrogen-bond donors (Lipinski definition) is 1. The van der Waals surface area contributed by atoms with Gasteiger partial charge in [-0.1, -0.05) is 29.5 Å². The summed E-state index contributed by atoms with van der Waals surface area (Å²) in [5.41, 5.74) is 2.06. The summed E-state index contributed by atoms with van der Waals surface area (Å²) in [5.74, 6) is 5.58. The monoisotopic (exact) mass is 304 g/mol. The lowest BCUT2D eigenvalue weighted by molar-refractivity contribution is 0.299. The molecule has 0 radical (unpaired) electrons. The van der Waals surface area contributed by atoms with Crippen molar-refractivity contribution in [3.05, 3.63) is 63.9 Å². The quantitative estimate of drug-likeness (QED) is 0.876. The standard InChI is InChI=1S/C17H14ClFO2/c1-12-4-7-17(13(9-12)3-2-8-20)21-11-14-10-15(18)5-6-16(14)19/h4-7,9-10,20H,8,11H2,1H3. The fraction of sp³-hybridized carbons (Fsp3) is 0.176. The minimum Gasteiger partial charge on any atom is -0.487 e. The second-order valence-electron chi connectivity index (χ2n) is 4.48. The zero-order valence-electron chi connectivity index (χ0n) is 11.5. The Morgan fingerprint density at radius 2 is 2.05 bits per heavy atom. The Bertz CT molecular complexity index is 702. The number of rotatable bonds is 3. The Morgan fingerprint density at radius 3 is 2.81 bits per heavy atom. The molecule has 0 saturated heterocycles. The summed E-state index contributed by atoms with van der Waals surface area (Å²) in [6, 6.07) is 9.84. The molecule has 0 unspecified atom stereocenters. The van der Waals surface area contributed by atoms with Crippen LogP contribution in [0.15, 0.2) is 36.4 Å². The van der Waals surface area contributed by atoms with Gasteiger partial charge in [-0.2, -0.15) is 0 Å². The Labute approximate surface area is 128 Å². The third kappa shape index (κ3) is 4.22. The van der Waals surface area contributed by atoms with E-state index in [1.165, 1.54) is 18.2 Å². The highest BCUT2D eigenvalue weighted by Gasteiger charge is 2.06. The fourth-order valence-corrected chi connectivity index (χ4v) is 2.01. The predicted octanol–water partition coefficient (Wildman–Crippen LogP) is 3.71. The molecule has 108 valence electrons. The van der Waals surface area contributed by atoms with E-state index in [2.05, 4.69) is 11.8 Å². The highest BCUT2D eigenvalue weighted by molar-refractivity contribution is 6.30. The van der Waals surface area contributed by atoms with Crippen molar-refractivity contribution in [2.75, 3.05) is 6.61 Å². The van der Waals surface area contributed by atoms with Crippen LogP contribution in [-0.4, -0.2) is 11.7 Å². The van der Waals surface area contributed by atoms with Crippen molar-refractivity contribution >= 4 is 11.6 Å². The molecule has 2 nitrogen and oxygen atoms in total. The van der Waals surface area contributed by atoms with E-state index in [9.17, 15) is 4.39 Å². The number of ether oxygens (including phenoxy) is 1. The second-order valence-corrected chi connectivity index (χ2v) is 4.92. The van der Waals surface area contributed by atoms with Crippen LogP contribution in [0, 0.1) is 24.6 Å². The van der Waals surface area contributed by atoms with E-state index in [0.29, 0.717) is 21.9 Å². The number of aliphatic hydroxyl groups excluding tert-OH is 1. The third-order valence-electron chi connectivity index (χ3n) is 2.83. The molecule has 0 bridgehead atoms. The van der Waals surface area contributed by atoms with Crippen LogP contribution in [0.25, 0.3) is 0 Å². The van der Waals surface area contributed by atoms with E-state index in [1.807, 2.05) is 19.1 Å². The molecular weight excluding hydrogens is 291 g/mol. The molecule has 1 N–H and O–H groups in total. The summed E-state index contributed by atoms with van der Waals surface area (Å²) in [6.07, 6.45) is 0. The summed E-state index contributed by atoms with van der Waals surface area (Å²) in [7, 11) is 0. The van der Waals surface area contributed by atoms with Gasteiger partial charge in [0.2, 0.25) is 0 Å². The van der Waals surface area contributed by atoms with Crippen LogP contribution in [0.2, 0.25) is 5.02 Å². The first kappa shape index (κ1) is 15.4. The topological polar surface area (TPSA) is 29.5 Å². The van der Waals surface area contributed by atoms with Crippen molar-refractivity contribution in [2.24, 2.45) is 0 Å². The smallest absolute Gasteiger partial charge is 0.135 e. The molecule has 2 rings (SSSR count). The van der Waals surface area contributed by atoms with Crippen molar-refractivity contribution < 1.29 is 14.2 Å². The molecule has 0 amide bonds. The largest absolute Gasteiger partial charge is 0.487 e. The summed E-state index contributed by atoms with van der Waals surface area (Å²) >= 11 is 5.85. The zero-order valence-corrected chi connectivity index (χ0v) is 12.2. The number of aryl methyl sites for hydroxylation is 1. The minimum atomic E-state index is -0.366. The first-order valence-electron chi connectivity index (χ1n) is 6.37. The summed E-state index contributed by atoms with van der Waals surface area (Å²) < 4.78 is 19.3. The molecule has 0 heterocycles. The lowest BCUT2D eigenvalue weighted by atomic mass is 10.1. The Hall–Kier alpha value is -2.02. The van der Waals surface area contributed by atoms with Crippen LogP contribution < -0.4 is 4.74 Å². The molecule has 0 aromatic heterocycles. The second kappa shape index (κ2) is 7.12. The van der Waals surface area contributed by atoms with E-state index in [1.54, 1.807) is 6.07 Å². The Morgan fingerprint density at radius 1 is 1.24 bits per heavy atom. The SMILES string of the molecule is Cc1ccc(OCc2cc(Cl)ccc2F)c(C#CCO)c1. The average molecular weight is 305 g/mol. The van der Waals surface area contributed by atoms with Gasteiger partial charge >= 0.3 is 0 Å². The van der Waals surface area contributed by atoms with Gasteiger partial charge in [0.1, 0.15) is 24.8 Å². The van der Waals surface area contributed by atoms with Gasteiger partial charge in [-0.15, -0.1) is 0 Å². The van der Waals surface area contributed by atoms with Crippen molar-refractivity contribution in [1.82, 2.24) is 0 Å². The van der Waals surface area contributed by atoms with E-state index >= 15 is 0 Å². The maximum atomic E-state index is 13.6. The molecule has 21 heavy (non-hydrogen) atoms.